The first-order valence-corrected chi connectivity index (χ1v) is 47.8. The van der Waals surface area contributed by atoms with E-state index in [1.165, 1.54) is 22.1 Å². The van der Waals surface area contributed by atoms with E-state index in [0.29, 0.717) is 77.8 Å². The number of para-hydroxylation sites is 6. The minimum Gasteiger partial charge on any atom is -0.458 e. The van der Waals surface area contributed by atoms with Crippen molar-refractivity contribution in [1.82, 2.24) is 0 Å². The topological polar surface area (TPSA) is 86.8 Å². The Morgan fingerprint density at radius 3 is 0.985 bits per heavy atom. The van der Waals surface area contributed by atoms with Crippen molar-refractivity contribution in [2.24, 2.45) is 0 Å². The smallest absolute Gasteiger partial charge is 0.256 e. The Balaban J connectivity index is 0.000000110. The molecule has 0 aromatic heterocycles. The van der Waals surface area contributed by atoms with Crippen LogP contribution < -0.4 is 81.7 Å². The van der Waals surface area contributed by atoms with Crippen LogP contribution in [-0.4, -0.2) is 6.71 Å². The number of hydrogen-bond acceptors (Lipinski definition) is 9. The summed E-state index contributed by atoms with van der Waals surface area (Å²) in [7, 11) is -7.04. The molecule has 12 heteroatoms. The van der Waals surface area contributed by atoms with Gasteiger partial charge in [-0.2, -0.15) is 0 Å². The Labute approximate surface area is 766 Å². The van der Waals surface area contributed by atoms with E-state index in [4.69, 9.17) is 23.7 Å². The lowest BCUT2D eigenvalue weighted by atomic mass is 9.34. The summed E-state index contributed by atoms with van der Waals surface area (Å²) in [4.78, 5) is 4.64. The summed E-state index contributed by atoms with van der Waals surface area (Å²) in [5.41, 5.74) is 25.9. The average Bonchev–Trinajstić information content (AvgIpc) is 0.689. The van der Waals surface area contributed by atoms with Crippen molar-refractivity contribution in [3.63, 3.8) is 0 Å². The summed E-state index contributed by atoms with van der Waals surface area (Å²) >= 11 is 0. The van der Waals surface area contributed by atoms with Gasteiger partial charge < -0.3 is 42.6 Å². The van der Waals surface area contributed by atoms with E-state index in [0.717, 1.165) is 129 Å². The lowest BCUT2D eigenvalue weighted by molar-refractivity contribution is 0.464. The molecule has 0 unspecified atom stereocenters. The molecule has 0 saturated heterocycles. The molecule has 0 aliphatic carbocycles. The predicted octanol–water partition coefficient (Wildman–Crippen LogP) is 28.0. The van der Waals surface area contributed by atoms with Gasteiger partial charge in [-0.25, -0.2) is 0 Å². The fourth-order valence-corrected chi connectivity index (χ4v) is 25.9. The highest BCUT2D eigenvalue weighted by atomic mass is 31.2. The van der Waals surface area contributed by atoms with Crippen LogP contribution in [0.4, 0.5) is 34.1 Å². The number of nitrogens with zero attached hydrogens (tertiary/aromatic N) is 2. The number of fused-ring (bicyclic) bond motifs is 12. The molecular weight excluding hydrogens is 1650 g/mol. The molecule has 0 bridgehead atoms. The maximum Gasteiger partial charge on any atom is 0.256 e. The van der Waals surface area contributed by atoms with E-state index in [1.54, 1.807) is 0 Å². The van der Waals surface area contributed by atoms with Crippen molar-refractivity contribution >= 4 is 103 Å². The molecule has 20 aromatic rings. The van der Waals surface area contributed by atoms with Gasteiger partial charge in [0, 0.05) is 73.6 Å². The first-order valence-electron chi connectivity index (χ1n) is 44.4. The third-order valence-corrected chi connectivity index (χ3v) is 32.0. The molecule has 132 heavy (non-hydrogen) atoms. The quantitative estimate of drug-likeness (QED) is 0.0877. The van der Waals surface area contributed by atoms with Crippen LogP contribution in [0.3, 0.4) is 0 Å². The molecule has 9 nitrogen and oxygen atoms in total. The van der Waals surface area contributed by atoms with Crippen LogP contribution in [0, 0.1) is 0 Å². The lowest BCUT2D eigenvalue weighted by Gasteiger charge is -2.40. The molecule has 0 fully saturated rings. The van der Waals surface area contributed by atoms with E-state index < -0.39 is 14.3 Å². The zero-order valence-electron chi connectivity index (χ0n) is 71.3. The van der Waals surface area contributed by atoms with E-state index in [2.05, 4.69) is 295 Å². The van der Waals surface area contributed by atoms with Gasteiger partial charge in [0.15, 0.2) is 25.8 Å². The highest BCUT2D eigenvalue weighted by Crippen LogP contribution is 2.66. The number of rotatable bonds is 12. The van der Waals surface area contributed by atoms with Crippen LogP contribution >= 0.6 is 14.3 Å². The van der Waals surface area contributed by atoms with Crippen LogP contribution in [0.15, 0.2) is 479 Å². The largest absolute Gasteiger partial charge is 0.458 e. The van der Waals surface area contributed by atoms with Gasteiger partial charge in [-0.15, -0.1) is 0 Å². The van der Waals surface area contributed by atoms with Gasteiger partial charge in [-0.3, -0.25) is 0 Å². The predicted molar refractivity (Wildman–Crippen MR) is 542 cm³/mol. The van der Waals surface area contributed by atoms with Crippen molar-refractivity contribution in [2.45, 2.75) is 0 Å². The zero-order chi connectivity index (χ0) is 87.8. The molecule has 6 aliphatic heterocycles. The van der Waals surface area contributed by atoms with E-state index >= 15 is 9.13 Å². The number of benzene rings is 20. The first-order chi connectivity index (χ1) is 65.3. The van der Waals surface area contributed by atoms with Crippen molar-refractivity contribution in [2.75, 3.05) is 9.80 Å². The van der Waals surface area contributed by atoms with Crippen molar-refractivity contribution in [3.8, 4) is 147 Å². The molecule has 0 radical (unpaired) electrons. The fraction of sp³-hybridized carbons (Fsp3) is 0. The standard InChI is InChI=1S/2C42H27O3P.C36H25BN2O/c43-46-36-25-13-23-32(28-15-5-1-6-16-28)38(36)44-40-34(30-19-9-3-10-20-30)27-35(31-21-11-4-12-22-31)41(42(40)46)45-39-33(24-14-26-37(39)46)29-17-7-2-8-18-29;43-46-38-23-21-32(28-13-5-1-6-14-28)25-36(38)44-40-34(30-17-9-3-10-18-30)27-35(31-19-11-4-12-20-31)41(42(40)46)45-37-26-33(22-24-39(37)46)29-15-7-2-8-16-29;1-4-13-26(14-5-1)38(27-15-6-2-7-16-27)29-23-24-31-35(25-29)40-34-22-12-21-33-36(34)37(31)30-19-10-11-20-32(30)39(33)28-17-8-3-9-18-28/h2*1-27H;1-25H. The normalized spacial score (nSPS) is 13.2. The Hall–Kier alpha value is -16.5. The molecule has 6 aliphatic rings. The van der Waals surface area contributed by atoms with Crippen LogP contribution in [0.5, 0.6) is 57.5 Å². The summed E-state index contributed by atoms with van der Waals surface area (Å²) in [5.74, 6) is 6.59. The monoisotopic (exact) mass is 1730 g/mol. The molecule has 26 rings (SSSR count). The van der Waals surface area contributed by atoms with Crippen molar-refractivity contribution in [3.05, 3.63) is 479 Å². The van der Waals surface area contributed by atoms with Gasteiger partial charge in [0.25, 0.3) is 6.71 Å². The maximum absolute atomic E-state index is 16.5. The van der Waals surface area contributed by atoms with Crippen LogP contribution in [-0.2, 0) is 9.13 Å². The Morgan fingerprint density at radius 2 is 0.561 bits per heavy atom. The highest BCUT2D eigenvalue weighted by molar-refractivity contribution is 7.86. The van der Waals surface area contributed by atoms with Gasteiger partial charge in [0.2, 0.25) is 0 Å². The van der Waals surface area contributed by atoms with Gasteiger partial charge in [0.1, 0.15) is 56.6 Å². The third-order valence-electron chi connectivity index (χ3n) is 25.8. The summed E-state index contributed by atoms with van der Waals surface area (Å²) in [6.07, 6.45) is 0. The Kier molecular flexibility index (Phi) is 19.7. The molecule has 0 atom stereocenters. The molecule has 624 valence electrons. The summed E-state index contributed by atoms with van der Waals surface area (Å²) in [6.45, 7) is 0.0852. The molecule has 20 aromatic carbocycles. The second-order valence-corrected chi connectivity index (χ2v) is 38.6. The number of hydrogen-bond donors (Lipinski definition) is 0. The minimum atomic E-state index is -3.55. The average molecular weight is 1730 g/mol. The highest BCUT2D eigenvalue weighted by Gasteiger charge is 2.52. The third kappa shape index (κ3) is 13.4. The molecule has 0 N–H and O–H groups in total. The number of ether oxygens (including phenoxy) is 5. The maximum atomic E-state index is 16.5. The summed E-state index contributed by atoms with van der Waals surface area (Å²) in [5, 5.41) is 3.96. The first kappa shape index (κ1) is 79.0. The molecule has 6 heterocycles. The second-order valence-electron chi connectivity index (χ2n) is 33.4. The van der Waals surface area contributed by atoms with E-state index in [9.17, 15) is 0 Å². The summed E-state index contributed by atoms with van der Waals surface area (Å²) in [6, 6.07) is 163. The number of anilines is 6. The Morgan fingerprint density at radius 1 is 0.212 bits per heavy atom. The summed E-state index contributed by atoms with van der Waals surface area (Å²) < 4.78 is 67.3. The SMILES string of the molecule is O=P12c3ccc(-c4ccccc4)cc3Oc3c(-c4ccccc4)cc(-c4ccccc4)c(c31)Oc1cc(-c3ccccc3)ccc12.O=P12c3cccc(-c4ccccc4)c3Oc3c(-c4ccccc4)cc(-c4ccccc4)c(c31)Oc1c(-c3ccccc3)cccc12.c1ccc(N(c2ccccc2)c2ccc3c(c2)Oc2cccc4c2B3c2ccccc2N4c2ccccc2)cc1. The van der Waals surface area contributed by atoms with Gasteiger partial charge in [-0.1, -0.05) is 364 Å². The fourth-order valence-electron chi connectivity index (χ4n) is 19.7. The Bertz CT molecular complexity index is 7610. The van der Waals surface area contributed by atoms with Crippen LogP contribution in [0.1, 0.15) is 0 Å². The molecule has 0 spiro atoms. The molecule has 0 saturated carbocycles. The van der Waals surface area contributed by atoms with Crippen LogP contribution in [0.25, 0.3) is 89.0 Å². The zero-order valence-corrected chi connectivity index (χ0v) is 73.1. The van der Waals surface area contributed by atoms with Gasteiger partial charge in [0.05, 0.1) is 21.2 Å². The van der Waals surface area contributed by atoms with Crippen LogP contribution in [0.2, 0.25) is 0 Å². The molecular formula is C120H79BN2O7P2. The van der Waals surface area contributed by atoms with E-state index in [1.807, 2.05) is 194 Å². The molecule has 0 amide bonds. The van der Waals surface area contributed by atoms with Gasteiger partial charge >= 0.3 is 0 Å². The van der Waals surface area contributed by atoms with Crippen molar-refractivity contribution in [1.29, 1.82) is 0 Å². The second kappa shape index (κ2) is 33.0. The van der Waals surface area contributed by atoms with E-state index in [-0.39, 0.29) is 6.71 Å². The van der Waals surface area contributed by atoms with Crippen molar-refractivity contribution < 1.29 is 32.8 Å². The minimum absolute atomic E-state index is 0.0852. The van der Waals surface area contributed by atoms with Gasteiger partial charge in [-0.05, 0) is 181 Å². The lowest BCUT2D eigenvalue weighted by Crippen LogP contribution is -2.59.